The molecule has 2 aliphatic rings. The topological polar surface area (TPSA) is 100 Å². The normalized spacial score (nSPS) is 17.3. The van der Waals surface area contributed by atoms with Crippen molar-refractivity contribution >= 4 is 33.1 Å². The van der Waals surface area contributed by atoms with Crippen LogP contribution in [0.2, 0.25) is 0 Å². The Balaban J connectivity index is 1.45. The van der Waals surface area contributed by atoms with Crippen LogP contribution in [-0.4, -0.2) is 25.4 Å². The SMILES string of the molecule is O=C1Cc2cc(S(=O)(=O)Nc3ccc(NC4CCCCC4)cn3)ccc2N1. The van der Waals surface area contributed by atoms with Gasteiger partial charge in [-0.2, -0.15) is 0 Å². The molecule has 27 heavy (non-hydrogen) atoms. The zero-order valence-electron chi connectivity index (χ0n) is 14.9. The van der Waals surface area contributed by atoms with E-state index in [2.05, 4.69) is 20.3 Å². The van der Waals surface area contributed by atoms with E-state index in [1.54, 1.807) is 18.3 Å². The zero-order chi connectivity index (χ0) is 18.9. The van der Waals surface area contributed by atoms with Crippen LogP contribution in [-0.2, 0) is 21.2 Å². The van der Waals surface area contributed by atoms with E-state index in [0.717, 1.165) is 18.5 Å². The summed E-state index contributed by atoms with van der Waals surface area (Å²) in [7, 11) is -3.76. The smallest absolute Gasteiger partial charge is 0.263 e. The Morgan fingerprint density at radius 3 is 2.63 bits per heavy atom. The lowest BCUT2D eigenvalue weighted by atomic mass is 9.95. The molecule has 8 heteroatoms. The van der Waals surface area contributed by atoms with Crippen LogP contribution in [0.5, 0.6) is 0 Å². The van der Waals surface area contributed by atoms with Crippen LogP contribution in [0.3, 0.4) is 0 Å². The molecule has 4 rings (SSSR count). The highest BCUT2D eigenvalue weighted by atomic mass is 32.2. The Morgan fingerprint density at radius 2 is 1.89 bits per heavy atom. The molecule has 0 radical (unpaired) electrons. The summed E-state index contributed by atoms with van der Waals surface area (Å²) in [6, 6.07) is 8.57. The number of rotatable bonds is 5. The van der Waals surface area contributed by atoms with Gasteiger partial charge in [-0.05, 0) is 48.7 Å². The summed E-state index contributed by atoms with van der Waals surface area (Å²) in [4.78, 5) is 15.8. The van der Waals surface area contributed by atoms with E-state index in [4.69, 9.17) is 0 Å². The molecule has 0 saturated heterocycles. The molecule has 7 nitrogen and oxygen atoms in total. The number of hydrogen-bond acceptors (Lipinski definition) is 5. The molecule has 142 valence electrons. The minimum Gasteiger partial charge on any atom is -0.381 e. The fourth-order valence-electron chi connectivity index (χ4n) is 3.59. The van der Waals surface area contributed by atoms with Crippen molar-refractivity contribution in [2.45, 2.75) is 49.5 Å². The maximum Gasteiger partial charge on any atom is 0.263 e. The average Bonchev–Trinajstić information content (AvgIpc) is 3.03. The van der Waals surface area contributed by atoms with Crippen molar-refractivity contribution < 1.29 is 13.2 Å². The Morgan fingerprint density at radius 1 is 1.07 bits per heavy atom. The van der Waals surface area contributed by atoms with Crippen LogP contribution in [0.4, 0.5) is 17.2 Å². The van der Waals surface area contributed by atoms with Crippen molar-refractivity contribution in [2.24, 2.45) is 0 Å². The van der Waals surface area contributed by atoms with E-state index in [1.165, 1.54) is 31.4 Å². The van der Waals surface area contributed by atoms with Crippen LogP contribution in [0, 0.1) is 0 Å². The summed E-state index contributed by atoms with van der Waals surface area (Å²) >= 11 is 0. The van der Waals surface area contributed by atoms with Gasteiger partial charge >= 0.3 is 0 Å². The van der Waals surface area contributed by atoms with Crippen molar-refractivity contribution in [2.75, 3.05) is 15.4 Å². The maximum absolute atomic E-state index is 12.6. The third kappa shape index (κ3) is 4.05. The average molecular weight is 386 g/mol. The van der Waals surface area contributed by atoms with Crippen molar-refractivity contribution in [3.63, 3.8) is 0 Å². The molecule has 2 heterocycles. The van der Waals surface area contributed by atoms with E-state index < -0.39 is 10.0 Å². The summed E-state index contributed by atoms with van der Waals surface area (Å²) in [6.45, 7) is 0. The Bertz CT molecular complexity index is 951. The molecular weight excluding hydrogens is 364 g/mol. The fourth-order valence-corrected chi connectivity index (χ4v) is 4.65. The van der Waals surface area contributed by atoms with Crippen molar-refractivity contribution in [3.8, 4) is 0 Å². The summed E-state index contributed by atoms with van der Waals surface area (Å²) in [5.74, 6) is 0.133. The Hall–Kier alpha value is -2.61. The monoisotopic (exact) mass is 386 g/mol. The molecule has 2 aromatic rings. The van der Waals surface area contributed by atoms with Crippen LogP contribution >= 0.6 is 0 Å². The molecule has 1 amide bonds. The quantitative estimate of drug-likeness (QED) is 0.733. The van der Waals surface area contributed by atoms with Crippen LogP contribution in [0.1, 0.15) is 37.7 Å². The first kappa shape index (κ1) is 17.8. The van der Waals surface area contributed by atoms with Gasteiger partial charge in [0.25, 0.3) is 10.0 Å². The fraction of sp³-hybridized carbons (Fsp3) is 0.368. The first-order valence-corrected chi connectivity index (χ1v) is 10.7. The van der Waals surface area contributed by atoms with Crippen molar-refractivity contribution in [3.05, 3.63) is 42.1 Å². The number of aromatic nitrogens is 1. The van der Waals surface area contributed by atoms with Gasteiger partial charge in [-0.3, -0.25) is 9.52 Å². The summed E-state index contributed by atoms with van der Waals surface area (Å²) < 4.78 is 27.7. The molecule has 1 aliphatic carbocycles. The molecule has 3 N–H and O–H groups in total. The molecule has 1 saturated carbocycles. The van der Waals surface area contributed by atoms with Crippen molar-refractivity contribution in [1.29, 1.82) is 0 Å². The third-order valence-electron chi connectivity index (χ3n) is 4.99. The lowest BCUT2D eigenvalue weighted by Gasteiger charge is -2.23. The molecule has 0 unspecified atom stereocenters. The second-order valence-electron chi connectivity index (χ2n) is 7.06. The van der Waals surface area contributed by atoms with E-state index in [9.17, 15) is 13.2 Å². The van der Waals surface area contributed by atoms with Gasteiger partial charge in [0, 0.05) is 11.7 Å². The van der Waals surface area contributed by atoms with Crippen molar-refractivity contribution in [1.82, 2.24) is 4.98 Å². The van der Waals surface area contributed by atoms with Gasteiger partial charge in [0.2, 0.25) is 5.91 Å². The summed E-state index contributed by atoms with van der Waals surface area (Å²) in [5, 5.41) is 6.15. The van der Waals surface area contributed by atoms with E-state index in [-0.39, 0.29) is 23.0 Å². The lowest BCUT2D eigenvalue weighted by molar-refractivity contribution is -0.115. The number of anilines is 3. The van der Waals surface area contributed by atoms with Gasteiger partial charge in [-0.1, -0.05) is 19.3 Å². The van der Waals surface area contributed by atoms with Crippen LogP contribution in [0.15, 0.2) is 41.4 Å². The second-order valence-corrected chi connectivity index (χ2v) is 8.74. The molecule has 1 fully saturated rings. The standard InChI is InChI=1S/C19H22N4O3S/c24-19-11-13-10-16(7-8-17(13)22-19)27(25,26)23-18-9-6-15(12-20-18)21-14-4-2-1-3-5-14/h6-10,12,14,21H,1-5,11H2,(H,20,23)(H,22,24). The zero-order valence-corrected chi connectivity index (χ0v) is 15.7. The highest BCUT2D eigenvalue weighted by Gasteiger charge is 2.22. The van der Waals surface area contributed by atoms with Crippen LogP contribution in [0.25, 0.3) is 0 Å². The number of amides is 1. The van der Waals surface area contributed by atoms with Gasteiger partial charge in [0.15, 0.2) is 0 Å². The molecule has 0 spiro atoms. The number of pyridine rings is 1. The molecule has 1 aliphatic heterocycles. The summed E-state index contributed by atoms with van der Waals surface area (Å²) in [5.41, 5.74) is 2.24. The van der Waals surface area contributed by atoms with E-state index in [1.807, 2.05) is 6.07 Å². The van der Waals surface area contributed by atoms with E-state index in [0.29, 0.717) is 17.3 Å². The predicted octanol–water partition coefficient (Wildman–Crippen LogP) is 3.12. The number of hydrogen-bond donors (Lipinski definition) is 3. The third-order valence-corrected chi connectivity index (χ3v) is 6.34. The molecule has 1 aromatic heterocycles. The highest BCUT2D eigenvalue weighted by Crippen LogP contribution is 2.27. The molecular formula is C19H22N4O3S. The minimum atomic E-state index is -3.76. The maximum atomic E-state index is 12.6. The van der Waals surface area contributed by atoms with Crippen LogP contribution < -0.4 is 15.4 Å². The van der Waals surface area contributed by atoms with Gasteiger partial charge in [0.05, 0.1) is 23.2 Å². The molecule has 1 aromatic carbocycles. The number of fused-ring (bicyclic) bond motifs is 1. The molecule has 0 bridgehead atoms. The number of nitrogens with zero attached hydrogens (tertiary/aromatic N) is 1. The predicted molar refractivity (Wildman–Crippen MR) is 104 cm³/mol. The number of nitrogens with one attached hydrogen (secondary N) is 3. The van der Waals surface area contributed by atoms with Gasteiger partial charge < -0.3 is 10.6 Å². The van der Waals surface area contributed by atoms with Gasteiger partial charge in [0.1, 0.15) is 5.82 Å². The Labute approximate surface area is 158 Å². The molecule has 0 atom stereocenters. The lowest BCUT2D eigenvalue weighted by Crippen LogP contribution is -2.22. The summed E-state index contributed by atoms with van der Waals surface area (Å²) in [6.07, 6.45) is 7.93. The minimum absolute atomic E-state index is 0.115. The number of benzene rings is 1. The first-order valence-electron chi connectivity index (χ1n) is 9.18. The Kier molecular flexibility index (Phi) is 4.73. The number of carbonyl (C=O) groups is 1. The largest absolute Gasteiger partial charge is 0.381 e. The second kappa shape index (κ2) is 7.19. The van der Waals surface area contributed by atoms with E-state index >= 15 is 0 Å². The number of sulfonamides is 1. The first-order chi connectivity index (χ1) is 13.0. The van der Waals surface area contributed by atoms with Gasteiger partial charge in [-0.25, -0.2) is 13.4 Å². The van der Waals surface area contributed by atoms with Gasteiger partial charge in [-0.15, -0.1) is 0 Å². The highest BCUT2D eigenvalue weighted by molar-refractivity contribution is 7.92. The number of carbonyl (C=O) groups excluding carboxylic acids is 1.